The summed E-state index contributed by atoms with van der Waals surface area (Å²) in [7, 11) is 1.95. The van der Waals surface area contributed by atoms with Crippen molar-refractivity contribution in [1.29, 1.82) is 5.26 Å². The van der Waals surface area contributed by atoms with Crippen LogP contribution in [0.5, 0.6) is 0 Å². The standard InChI is InChI=1S/C21H30N8O2/c1-28(18-13-24-10-5-15(18)12-16(30)4-8-23)19-17-6-11-29(20(17)27-14-26-19)21(31)25-9-3-2-7-22/h6,11,14-15,18,24H,2-5,7,9-10,12-13,22H2,1H3,(H,25,31)/t15-,18+/m1/s1. The number of likely N-dealkylation sites (N-methyl/N-ethyl adjacent to an activating group) is 1. The Morgan fingerprint density at radius 2 is 2.26 bits per heavy atom. The van der Waals surface area contributed by atoms with Gasteiger partial charge >= 0.3 is 6.03 Å². The first-order chi connectivity index (χ1) is 15.1. The summed E-state index contributed by atoms with van der Waals surface area (Å²) in [4.78, 5) is 35.5. The lowest BCUT2D eigenvalue weighted by atomic mass is 9.86. The summed E-state index contributed by atoms with van der Waals surface area (Å²) in [5, 5.41) is 15.9. The summed E-state index contributed by atoms with van der Waals surface area (Å²) in [6, 6.07) is 3.59. The number of carbonyl (C=O) groups is 2. The fourth-order valence-corrected chi connectivity index (χ4v) is 4.13. The number of nitrogens with zero attached hydrogens (tertiary/aromatic N) is 5. The average molecular weight is 427 g/mol. The van der Waals surface area contributed by atoms with E-state index < -0.39 is 0 Å². The number of rotatable bonds is 9. The zero-order chi connectivity index (χ0) is 22.2. The zero-order valence-electron chi connectivity index (χ0n) is 17.9. The molecule has 1 fully saturated rings. The molecule has 0 bridgehead atoms. The Morgan fingerprint density at radius 3 is 3.03 bits per heavy atom. The fourth-order valence-electron chi connectivity index (χ4n) is 4.13. The predicted octanol–water partition coefficient (Wildman–Crippen LogP) is 1.02. The number of hydrogen-bond acceptors (Lipinski definition) is 8. The number of unbranched alkanes of at least 4 members (excludes halogenated alkanes) is 1. The van der Waals surface area contributed by atoms with Crippen molar-refractivity contribution in [3.8, 4) is 6.07 Å². The molecule has 1 amide bonds. The number of piperidine rings is 1. The molecule has 1 saturated heterocycles. The molecule has 10 heteroatoms. The number of hydrogen-bond donors (Lipinski definition) is 3. The Balaban J connectivity index is 1.80. The second-order valence-electron chi connectivity index (χ2n) is 7.86. The minimum Gasteiger partial charge on any atom is -0.354 e. The van der Waals surface area contributed by atoms with Crippen molar-refractivity contribution < 1.29 is 9.59 Å². The maximum Gasteiger partial charge on any atom is 0.327 e. The lowest BCUT2D eigenvalue weighted by molar-refractivity contribution is -0.119. The lowest BCUT2D eigenvalue weighted by Gasteiger charge is -2.39. The van der Waals surface area contributed by atoms with Crippen molar-refractivity contribution >= 4 is 28.7 Å². The lowest BCUT2D eigenvalue weighted by Crippen LogP contribution is -2.50. The van der Waals surface area contributed by atoms with Crippen molar-refractivity contribution in [3.63, 3.8) is 0 Å². The van der Waals surface area contributed by atoms with Gasteiger partial charge in [-0.05, 0) is 44.3 Å². The van der Waals surface area contributed by atoms with Crippen molar-refractivity contribution in [2.45, 2.75) is 38.1 Å². The molecule has 2 atom stereocenters. The SMILES string of the molecule is CN(c1ncnc2c1ccn2C(=O)NCCCCN)[C@H]1CNCC[C@@H]1CC(=O)CC#N. The number of nitrogens with one attached hydrogen (secondary N) is 2. The van der Waals surface area contributed by atoms with Gasteiger partial charge < -0.3 is 21.3 Å². The van der Waals surface area contributed by atoms with Gasteiger partial charge in [-0.25, -0.2) is 14.8 Å². The summed E-state index contributed by atoms with van der Waals surface area (Å²) in [6.07, 6.45) is 6.02. The van der Waals surface area contributed by atoms with Crippen LogP contribution in [0.1, 0.15) is 32.1 Å². The van der Waals surface area contributed by atoms with Crippen LogP contribution in [0, 0.1) is 17.2 Å². The van der Waals surface area contributed by atoms with Gasteiger partial charge in [-0.1, -0.05) is 0 Å². The van der Waals surface area contributed by atoms with Crippen LogP contribution in [0.2, 0.25) is 0 Å². The van der Waals surface area contributed by atoms with E-state index in [0.29, 0.717) is 31.0 Å². The van der Waals surface area contributed by atoms with E-state index in [1.165, 1.54) is 10.9 Å². The first-order valence-corrected chi connectivity index (χ1v) is 10.7. The van der Waals surface area contributed by atoms with Gasteiger partial charge in [0.25, 0.3) is 0 Å². The smallest absolute Gasteiger partial charge is 0.327 e. The molecule has 2 aromatic heterocycles. The highest BCUT2D eigenvalue weighted by atomic mass is 16.2. The van der Waals surface area contributed by atoms with Crippen LogP contribution in [0.25, 0.3) is 11.0 Å². The Morgan fingerprint density at radius 1 is 1.42 bits per heavy atom. The van der Waals surface area contributed by atoms with Crippen LogP contribution in [-0.2, 0) is 4.79 Å². The number of amides is 1. The van der Waals surface area contributed by atoms with Crippen LogP contribution in [-0.4, -0.2) is 65.6 Å². The molecule has 3 heterocycles. The van der Waals surface area contributed by atoms with Crippen molar-refractivity contribution in [2.24, 2.45) is 11.7 Å². The second kappa shape index (κ2) is 10.8. The van der Waals surface area contributed by atoms with E-state index in [-0.39, 0.29) is 30.2 Å². The number of anilines is 1. The fraction of sp³-hybridized carbons (Fsp3) is 0.571. The molecule has 3 rings (SSSR count). The van der Waals surface area contributed by atoms with Crippen molar-refractivity contribution in [2.75, 3.05) is 38.1 Å². The maximum absolute atomic E-state index is 12.6. The highest BCUT2D eigenvalue weighted by Gasteiger charge is 2.31. The van der Waals surface area contributed by atoms with E-state index in [0.717, 1.165) is 37.7 Å². The van der Waals surface area contributed by atoms with Crippen LogP contribution in [0.15, 0.2) is 18.6 Å². The number of ketones is 1. The normalized spacial score (nSPS) is 18.5. The zero-order valence-corrected chi connectivity index (χ0v) is 17.9. The summed E-state index contributed by atoms with van der Waals surface area (Å²) in [6.45, 7) is 2.72. The van der Waals surface area contributed by atoms with Gasteiger partial charge in [0.05, 0.1) is 17.9 Å². The monoisotopic (exact) mass is 426 g/mol. The molecule has 2 aromatic rings. The molecule has 166 valence electrons. The molecule has 0 saturated carbocycles. The molecule has 0 radical (unpaired) electrons. The van der Waals surface area contributed by atoms with Gasteiger partial charge in [0.2, 0.25) is 0 Å². The number of aromatic nitrogens is 3. The van der Waals surface area contributed by atoms with Crippen LogP contribution in [0.3, 0.4) is 0 Å². The maximum atomic E-state index is 12.6. The number of Topliss-reactive ketones (excluding diaryl/α,β-unsaturated/α-hetero) is 1. The number of nitriles is 1. The van der Waals surface area contributed by atoms with Crippen LogP contribution < -0.4 is 21.3 Å². The summed E-state index contributed by atoms with van der Waals surface area (Å²) in [5.74, 6) is 0.814. The molecule has 10 nitrogen and oxygen atoms in total. The predicted molar refractivity (Wildman–Crippen MR) is 118 cm³/mol. The van der Waals surface area contributed by atoms with Gasteiger partial charge in [-0.15, -0.1) is 0 Å². The van der Waals surface area contributed by atoms with Gasteiger partial charge in [0.15, 0.2) is 5.65 Å². The minimum absolute atomic E-state index is 0.0295. The third-order valence-electron chi connectivity index (χ3n) is 5.77. The van der Waals surface area contributed by atoms with Crippen molar-refractivity contribution in [3.05, 3.63) is 18.6 Å². The summed E-state index contributed by atoms with van der Waals surface area (Å²) < 4.78 is 1.49. The topological polar surface area (TPSA) is 142 Å². The molecule has 1 aliphatic heterocycles. The first-order valence-electron chi connectivity index (χ1n) is 10.7. The highest BCUT2D eigenvalue weighted by Crippen LogP contribution is 2.29. The average Bonchev–Trinajstić information content (AvgIpc) is 3.21. The molecular weight excluding hydrogens is 396 g/mol. The molecule has 0 spiro atoms. The minimum atomic E-state index is -0.237. The van der Waals surface area contributed by atoms with Crippen molar-refractivity contribution in [1.82, 2.24) is 25.2 Å². The van der Waals surface area contributed by atoms with E-state index in [1.807, 2.05) is 19.2 Å². The molecule has 0 aromatic carbocycles. The van der Waals surface area contributed by atoms with E-state index >= 15 is 0 Å². The van der Waals surface area contributed by atoms with Gasteiger partial charge in [0.1, 0.15) is 17.9 Å². The third kappa shape index (κ3) is 5.37. The summed E-state index contributed by atoms with van der Waals surface area (Å²) in [5.41, 5.74) is 6.03. The largest absolute Gasteiger partial charge is 0.354 e. The Kier molecular flexibility index (Phi) is 7.92. The number of carbonyl (C=O) groups excluding carboxylic acids is 2. The molecule has 0 unspecified atom stereocenters. The highest BCUT2D eigenvalue weighted by molar-refractivity contribution is 5.94. The second-order valence-corrected chi connectivity index (χ2v) is 7.86. The van der Waals surface area contributed by atoms with E-state index in [1.54, 1.807) is 6.20 Å². The first kappa shape index (κ1) is 22.7. The van der Waals surface area contributed by atoms with E-state index in [9.17, 15) is 9.59 Å². The third-order valence-corrected chi connectivity index (χ3v) is 5.77. The number of nitrogens with two attached hydrogens (primary N) is 1. The molecule has 1 aliphatic rings. The van der Waals surface area contributed by atoms with Gasteiger partial charge in [0, 0.05) is 38.8 Å². The quantitative estimate of drug-likeness (QED) is 0.505. The molecule has 4 N–H and O–H groups in total. The van der Waals surface area contributed by atoms with Crippen LogP contribution >= 0.6 is 0 Å². The van der Waals surface area contributed by atoms with Crippen LogP contribution in [0.4, 0.5) is 10.6 Å². The Hall–Kier alpha value is -3.03. The molecular formula is C21H30N8O2. The van der Waals surface area contributed by atoms with Gasteiger partial charge in [-0.2, -0.15) is 5.26 Å². The van der Waals surface area contributed by atoms with Gasteiger partial charge in [-0.3, -0.25) is 9.36 Å². The number of fused-ring (bicyclic) bond motifs is 1. The summed E-state index contributed by atoms with van der Waals surface area (Å²) >= 11 is 0. The van der Waals surface area contributed by atoms with E-state index in [4.69, 9.17) is 11.0 Å². The Labute approximate surface area is 181 Å². The molecule has 31 heavy (non-hydrogen) atoms. The molecule has 0 aliphatic carbocycles. The van der Waals surface area contributed by atoms with E-state index in [2.05, 4.69) is 25.5 Å². The Bertz CT molecular complexity index is 950.